The molecular formula is C11H14ClNO3. The molecular weight excluding hydrogens is 230 g/mol. The molecule has 0 aliphatic heterocycles. The normalized spacial score (nSPS) is 12.2. The maximum atomic E-state index is 11.6. The topological polar surface area (TPSA) is 48.4 Å². The Morgan fingerprint density at radius 1 is 1.56 bits per heavy atom. The second-order valence-corrected chi connectivity index (χ2v) is 3.63. The summed E-state index contributed by atoms with van der Waals surface area (Å²) >= 11 is 5.61. The Kier molecular flexibility index (Phi) is 5.22. The highest BCUT2D eigenvalue weighted by Crippen LogP contribution is 2.07. The highest BCUT2D eigenvalue weighted by atomic mass is 35.5. The van der Waals surface area contributed by atoms with E-state index in [9.17, 15) is 4.79 Å². The molecule has 88 valence electrons. The van der Waals surface area contributed by atoms with Gasteiger partial charge in [-0.2, -0.15) is 0 Å². The van der Waals surface area contributed by atoms with Crippen molar-refractivity contribution in [2.75, 3.05) is 13.2 Å². The molecule has 5 heteroatoms. The van der Waals surface area contributed by atoms with E-state index in [4.69, 9.17) is 21.1 Å². The average molecular weight is 244 g/mol. The SMILES string of the molecule is CCOCC(C)OC(=O)c1ccc(Cl)nc1. The van der Waals surface area contributed by atoms with Gasteiger partial charge in [0.15, 0.2) is 0 Å². The Labute approximate surface area is 99.5 Å². The van der Waals surface area contributed by atoms with Gasteiger partial charge >= 0.3 is 5.97 Å². The molecule has 1 unspecified atom stereocenters. The summed E-state index contributed by atoms with van der Waals surface area (Å²) in [5.74, 6) is -0.420. The summed E-state index contributed by atoms with van der Waals surface area (Å²) in [6.07, 6.45) is 1.11. The number of pyridine rings is 1. The number of halogens is 1. The summed E-state index contributed by atoms with van der Waals surface area (Å²) in [6.45, 7) is 4.65. The van der Waals surface area contributed by atoms with Gasteiger partial charge in [-0.3, -0.25) is 0 Å². The van der Waals surface area contributed by atoms with E-state index in [0.717, 1.165) is 0 Å². The van der Waals surface area contributed by atoms with Crippen molar-refractivity contribution in [2.24, 2.45) is 0 Å². The van der Waals surface area contributed by atoms with Crippen molar-refractivity contribution in [3.63, 3.8) is 0 Å². The van der Waals surface area contributed by atoms with Crippen LogP contribution in [0, 0.1) is 0 Å². The molecule has 1 aromatic heterocycles. The van der Waals surface area contributed by atoms with Crippen LogP contribution in [0.25, 0.3) is 0 Å². The van der Waals surface area contributed by atoms with Crippen LogP contribution in [-0.2, 0) is 9.47 Å². The quantitative estimate of drug-likeness (QED) is 0.588. The predicted octanol–water partition coefficient (Wildman–Crippen LogP) is 2.32. The van der Waals surface area contributed by atoms with Crippen molar-refractivity contribution >= 4 is 17.6 Å². The van der Waals surface area contributed by atoms with E-state index in [1.165, 1.54) is 6.20 Å². The summed E-state index contributed by atoms with van der Waals surface area (Å²) < 4.78 is 10.3. The molecule has 1 heterocycles. The van der Waals surface area contributed by atoms with Gasteiger partial charge in [0.1, 0.15) is 11.3 Å². The third-order valence-electron chi connectivity index (χ3n) is 1.83. The first-order chi connectivity index (χ1) is 7.63. The van der Waals surface area contributed by atoms with Gasteiger partial charge in [0, 0.05) is 12.8 Å². The van der Waals surface area contributed by atoms with Crippen LogP contribution in [0.1, 0.15) is 24.2 Å². The molecule has 1 aromatic rings. The van der Waals surface area contributed by atoms with E-state index in [1.807, 2.05) is 6.92 Å². The van der Waals surface area contributed by atoms with Crippen LogP contribution in [0.15, 0.2) is 18.3 Å². The van der Waals surface area contributed by atoms with Crippen molar-refractivity contribution in [3.05, 3.63) is 29.0 Å². The van der Waals surface area contributed by atoms with E-state index in [1.54, 1.807) is 19.1 Å². The van der Waals surface area contributed by atoms with Crippen molar-refractivity contribution in [1.29, 1.82) is 0 Å². The smallest absolute Gasteiger partial charge is 0.340 e. The summed E-state index contributed by atoms with van der Waals surface area (Å²) in [7, 11) is 0. The fourth-order valence-electron chi connectivity index (χ4n) is 1.07. The Morgan fingerprint density at radius 3 is 2.88 bits per heavy atom. The van der Waals surface area contributed by atoms with Gasteiger partial charge in [-0.1, -0.05) is 11.6 Å². The molecule has 0 aliphatic rings. The first-order valence-electron chi connectivity index (χ1n) is 5.03. The van der Waals surface area contributed by atoms with E-state index in [-0.39, 0.29) is 6.10 Å². The second kappa shape index (κ2) is 6.45. The zero-order valence-corrected chi connectivity index (χ0v) is 10.0. The van der Waals surface area contributed by atoms with Crippen LogP contribution in [0.2, 0.25) is 5.15 Å². The molecule has 0 aliphatic carbocycles. The molecule has 16 heavy (non-hydrogen) atoms. The number of hydrogen-bond acceptors (Lipinski definition) is 4. The molecule has 0 radical (unpaired) electrons. The lowest BCUT2D eigenvalue weighted by Crippen LogP contribution is -2.20. The third kappa shape index (κ3) is 4.16. The van der Waals surface area contributed by atoms with Crippen molar-refractivity contribution < 1.29 is 14.3 Å². The summed E-state index contributed by atoms with van der Waals surface area (Å²) in [5.41, 5.74) is 0.382. The monoisotopic (exact) mass is 243 g/mol. The lowest BCUT2D eigenvalue weighted by atomic mass is 10.3. The van der Waals surface area contributed by atoms with Gasteiger partial charge in [-0.05, 0) is 26.0 Å². The second-order valence-electron chi connectivity index (χ2n) is 3.24. The first kappa shape index (κ1) is 12.9. The van der Waals surface area contributed by atoms with Crippen LogP contribution in [0.5, 0.6) is 0 Å². The Bertz CT molecular complexity index is 340. The van der Waals surface area contributed by atoms with Gasteiger partial charge < -0.3 is 9.47 Å². The van der Waals surface area contributed by atoms with Gasteiger partial charge in [0.2, 0.25) is 0 Å². The Morgan fingerprint density at radius 2 is 2.31 bits per heavy atom. The molecule has 0 bridgehead atoms. The van der Waals surface area contributed by atoms with E-state index >= 15 is 0 Å². The minimum Gasteiger partial charge on any atom is -0.457 e. The van der Waals surface area contributed by atoms with Gasteiger partial charge in [-0.25, -0.2) is 9.78 Å². The van der Waals surface area contributed by atoms with E-state index in [2.05, 4.69) is 4.98 Å². The van der Waals surface area contributed by atoms with E-state index in [0.29, 0.717) is 23.9 Å². The van der Waals surface area contributed by atoms with Crippen LogP contribution < -0.4 is 0 Å². The third-order valence-corrected chi connectivity index (χ3v) is 2.05. The average Bonchev–Trinajstić information content (AvgIpc) is 2.27. The zero-order chi connectivity index (χ0) is 12.0. The Balaban J connectivity index is 2.48. The molecule has 0 saturated heterocycles. The molecule has 0 saturated carbocycles. The van der Waals surface area contributed by atoms with Crippen molar-refractivity contribution in [2.45, 2.75) is 20.0 Å². The maximum absolute atomic E-state index is 11.6. The Hall–Kier alpha value is -1.13. The molecule has 0 spiro atoms. The van der Waals surface area contributed by atoms with Crippen LogP contribution in [-0.4, -0.2) is 30.3 Å². The number of ether oxygens (including phenoxy) is 2. The lowest BCUT2D eigenvalue weighted by Gasteiger charge is -2.12. The fourth-order valence-corrected chi connectivity index (χ4v) is 1.18. The summed E-state index contributed by atoms with van der Waals surface area (Å²) in [6, 6.07) is 3.12. The highest BCUT2D eigenvalue weighted by Gasteiger charge is 2.12. The molecule has 1 atom stereocenters. The number of carbonyl (C=O) groups is 1. The van der Waals surface area contributed by atoms with Gasteiger partial charge in [-0.15, -0.1) is 0 Å². The maximum Gasteiger partial charge on any atom is 0.340 e. The number of nitrogens with zero attached hydrogens (tertiary/aromatic N) is 1. The number of esters is 1. The van der Waals surface area contributed by atoms with Crippen LogP contribution in [0.4, 0.5) is 0 Å². The van der Waals surface area contributed by atoms with Crippen molar-refractivity contribution in [1.82, 2.24) is 4.98 Å². The molecule has 0 N–H and O–H groups in total. The highest BCUT2D eigenvalue weighted by molar-refractivity contribution is 6.29. The van der Waals surface area contributed by atoms with E-state index < -0.39 is 5.97 Å². The van der Waals surface area contributed by atoms with Crippen LogP contribution >= 0.6 is 11.6 Å². The number of rotatable bonds is 5. The zero-order valence-electron chi connectivity index (χ0n) is 9.27. The predicted molar refractivity (Wildman–Crippen MR) is 60.6 cm³/mol. The molecule has 4 nitrogen and oxygen atoms in total. The van der Waals surface area contributed by atoms with Gasteiger partial charge in [0.25, 0.3) is 0 Å². The largest absolute Gasteiger partial charge is 0.457 e. The molecule has 0 aromatic carbocycles. The molecule has 1 rings (SSSR count). The summed E-state index contributed by atoms with van der Waals surface area (Å²) in [4.78, 5) is 15.4. The lowest BCUT2D eigenvalue weighted by molar-refractivity contribution is 0.00436. The molecule has 0 fully saturated rings. The standard InChI is InChI=1S/C11H14ClNO3/c1-3-15-7-8(2)16-11(14)9-4-5-10(12)13-6-9/h4-6,8H,3,7H2,1-2H3. The fraction of sp³-hybridized carbons (Fsp3) is 0.455. The first-order valence-corrected chi connectivity index (χ1v) is 5.41. The minimum atomic E-state index is -0.420. The summed E-state index contributed by atoms with van der Waals surface area (Å²) in [5, 5.41) is 0.346. The number of carbonyl (C=O) groups excluding carboxylic acids is 1. The number of aromatic nitrogens is 1. The van der Waals surface area contributed by atoms with Crippen LogP contribution in [0.3, 0.4) is 0 Å². The minimum absolute atomic E-state index is 0.275. The molecule has 0 amide bonds. The van der Waals surface area contributed by atoms with Gasteiger partial charge in [0.05, 0.1) is 12.2 Å². The number of hydrogen-bond donors (Lipinski definition) is 0. The van der Waals surface area contributed by atoms with Crippen molar-refractivity contribution in [3.8, 4) is 0 Å².